The van der Waals surface area contributed by atoms with E-state index in [1.165, 1.54) is 4.90 Å². The number of amides is 2. The van der Waals surface area contributed by atoms with Crippen molar-refractivity contribution < 1.29 is 9.59 Å². The van der Waals surface area contributed by atoms with Crippen molar-refractivity contribution >= 4 is 11.8 Å². The highest BCUT2D eigenvalue weighted by atomic mass is 16.2. The summed E-state index contributed by atoms with van der Waals surface area (Å²) in [5.74, 6) is -0.0970. The van der Waals surface area contributed by atoms with Gasteiger partial charge in [0, 0.05) is 18.4 Å². The maximum Gasteiger partial charge on any atom is 0.232 e. The fourth-order valence-electron chi connectivity index (χ4n) is 2.54. The van der Waals surface area contributed by atoms with Crippen molar-refractivity contribution in [2.75, 3.05) is 6.54 Å². The fraction of sp³-hybridized carbons (Fsp3) is 0.818. The molecule has 2 saturated heterocycles. The molecule has 0 saturated carbocycles. The van der Waals surface area contributed by atoms with Crippen LogP contribution < -0.4 is 5.32 Å². The van der Waals surface area contributed by atoms with E-state index in [4.69, 9.17) is 0 Å². The number of nitrogens with one attached hydrogen (secondary N) is 1. The first-order chi connectivity index (χ1) is 7.11. The lowest BCUT2D eigenvalue weighted by Gasteiger charge is -2.35. The average molecular weight is 210 g/mol. The predicted octanol–water partition coefficient (Wildman–Crippen LogP) is 0.522. The van der Waals surface area contributed by atoms with Gasteiger partial charge in [-0.2, -0.15) is 0 Å². The van der Waals surface area contributed by atoms with Crippen LogP contribution in [0.4, 0.5) is 0 Å². The minimum absolute atomic E-state index is 0.00745. The second kappa shape index (κ2) is 3.93. The molecule has 2 rings (SSSR count). The topological polar surface area (TPSA) is 49.4 Å². The summed E-state index contributed by atoms with van der Waals surface area (Å²) in [6.07, 6.45) is 2.38. The van der Waals surface area contributed by atoms with Gasteiger partial charge < -0.3 is 5.32 Å². The summed E-state index contributed by atoms with van der Waals surface area (Å²) in [4.78, 5) is 25.1. The normalized spacial score (nSPS) is 37.5. The average Bonchev–Trinajstić information content (AvgIpc) is 2.43. The van der Waals surface area contributed by atoms with E-state index in [-0.39, 0.29) is 29.8 Å². The Hall–Kier alpha value is -0.900. The Labute approximate surface area is 90.0 Å². The van der Waals surface area contributed by atoms with E-state index in [1.807, 2.05) is 13.8 Å². The molecule has 4 heteroatoms. The van der Waals surface area contributed by atoms with Crippen LogP contribution in [0.3, 0.4) is 0 Å². The Morgan fingerprint density at radius 3 is 2.60 bits per heavy atom. The molecular formula is C11H18N2O2. The van der Waals surface area contributed by atoms with Crippen LogP contribution in [0, 0.1) is 5.92 Å². The molecule has 3 atom stereocenters. The third-order valence-corrected chi connectivity index (χ3v) is 3.46. The summed E-state index contributed by atoms with van der Waals surface area (Å²) in [7, 11) is 0. The zero-order chi connectivity index (χ0) is 11.0. The number of likely N-dealkylation sites (tertiary alicyclic amines) is 1. The maximum absolute atomic E-state index is 11.8. The second-order valence-corrected chi connectivity index (χ2v) is 4.66. The van der Waals surface area contributed by atoms with Crippen molar-refractivity contribution in [2.24, 2.45) is 5.92 Å². The lowest BCUT2D eigenvalue weighted by Crippen LogP contribution is -2.54. The number of carbonyl (C=O) groups excluding carboxylic acids is 2. The van der Waals surface area contributed by atoms with Crippen LogP contribution in [0.5, 0.6) is 0 Å². The van der Waals surface area contributed by atoms with Gasteiger partial charge in [0.25, 0.3) is 0 Å². The summed E-state index contributed by atoms with van der Waals surface area (Å²) in [6, 6.07) is 0.306. The molecule has 0 aromatic carbocycles. The maximum atomic E-state index is 11.8. The number of carbonyl (C=O) groups is 2. The lowest BCUT2D eigenvalue weighted by atomic mass is 9.98. The zero-order valence-corrected chi connectivity index (χ0v) is 9.32. The minimum atomic E-state index is -0.119. The van der Waals surface area contributed by atoms with Crippen LogP contribution in [0.2, 0.25) is 0 Å². The predicted molar refractivity (Wildman–Crippen MR) is 56.1 cm³/mol. The van der Waals surface area contributed by atoms with Crippen LogP contribution in [-0.2, 0) is 9.59 Å². The smallest absolute Gasteiger partial charge is 0.232 e. The van der Waals surface area contributed by atoms with Gasteiger partial charge in [0.15, 0.2) is 0 Å². The van der Waals surface area contributed by atoms with Crippen LogP contribution in [0.15, 0.2) is 0 Å². The first-order valence-corrected chi connectivity index (χ1v) is 5.70. The Morgan fingerprint density at radius 1 is 1.33 bits per heavy atom. The van der Waals surface area contributed by atoms with Crippen LogP contribution in [0.25, 0.3) is 0 Å². The van der Waals surface area contributed by atoms with Crippen molar-refractivity contribution in [2.45, 2.75) is 45.2 Å². The van der Waals surface area contributed by atoms with E-state index < -0.39 is 0 Å². The van der Waals surface area contributed by atoms with Crippen LogP contribution in [-0.4, -0.2) is 35.3 Å². The molecule has 0 radical (unpaired) electrons. The van der Waals surface area contributed by atoms with Gasteiger partial charge in [0.2, 0.25) is 11.8 Å². The van der Waals surface area contributed by atoms with Crippen molar-refractivity contribution in [1.82, 2.24) is 10.2 Å². The minimum Gasteiger partial charge on any atom is -0.312 e. The van der Waals surface area contributed by atoms with Gasteiger partial charge in [-0.25, -0.2) is 0 Å². The zero-order valence-electron chi connectivity index (χ0n) is 9.32. The molecule has 3 unspecified atom stereocenters. The molecule has 2 aliphatic rings. The number of piperidine rings is 1. The molecule has 2 fully saturated rings. The van der Waals surface area contributed by atoms with Gasteiger partial charge in [-0.05, 0) is 26.3 Å². The fourth-order valence-corrected chi connectivity index (χ4v) is 2.54. The van der Waals surface area contributed by atoms with Gasteiger partial charge in [0.1, 0.15) is 0 Å². The quantitative estimate of drug-likeness (QED) is 0.642. The standard InChI is InChI=1S/C11H18N2O2/c1-7-6-10(14)13(11(7)15)9-4-3-5-12-8(9)2/h7-9,12H,3-6H2,1-2H3. The monoisotopic (exact) mass is 210 g/mol. The van der Waals surface area contributed by atoms with Crippen molar-refractivity contribution in [1.29, 1.82) is 0 Å². The van der Waals surface area contributed by atoms with Gasteiger partial charge >= 0.3 is 0 Å². The van der Waals surface area contributed by atoms with Crippen LogP contribution in [0.1, 0.15) is 33.1 Å². The number of rotatable bonds is 1. The highest BCUT2D eigenvalue weighted by Gasteiger charge is 2.42. The molecule has 0 aliphatic carbocycles. The molecule has 2 aliphatic heterocycles. The van der Waals surface area contributed by atoms with E-state index in [2.05, 4.69) is 5.32 Å². The number of imide groups is 1. The van der Waals surface area contributed by atoms with E-state index in [1.54, 1.807) is 0 Å². The third kappa shape index (κ3) is 1.78. The Bertz CT molecular complexity index is 290. The van der Waals surface area contributed by atoms with Gasteiger partial charge in [0.05, 0.1) is 6.04 Å². The molecule has 0 bridgehead atoms. The molecule has 0 aromatic heterocycles. The first kappa shape index (κ1) is 10.6. The van der Waals surface area contributed by atoms with Crippen molar-refractivity contribution in [3.05, 3.63) is 0 Å². The number of hydrogen-bond acceptors (Lipinski definition) is 3. The summed E-state index contributed by atoms with van der Waals surface area (Å²) < 4.78 is 0. The molecule has 1 N–H and O–H groups in total. The molecule has 0 spiro atoms. The summed E-state index contributed by atoms with van der Waals surface area (Å²) in [5.41, 5.74) is 0. The van der Waals surface area contributed by atoms with Crippen molar-refractivity contribution in [3.8, 4) is 0 Å². The highest BCUT2D eigenvalue weighted by molar-refractivity contribution is 6.03. The van der Waals surface area contributed by atoms with Crippen LogP contribution >= 0.6 is 0 Å². The van der Waals surface area contributed by atoms with E-state index >= 15 is 0 Å². The van der Waals surface area contributed by atoms with E-state index in [0.29, 0.717) is 6.42 Å². The van der Waals surface area contributed by atoms with Crippen molar-refractivity contribution in [3.63, 3.8) is 0 Å². The number of nitrogens with zero attached hydrogens (tertiary/aromatic N) is 1. The molecule has 2 heterocycles. The number of hydrogen-bond donors (Lipinski definition) is 1. The Morgan fingerprint density at radius 2 is 2.07 bits per heavy atom. The highest BCUT2D eigenvalue weighted by Crippen LogP contribution is 2.26. The van der Waals surface area contributed by atoms with Gasteiger partial charge in [-0.15, -0.1) is 0 Å². The van der Waals surface area contributed by atoms with E-state index in [9.17, 15) is 9.59 Å². The summed E-state index contributed by atoms with van der Waals surface area (Å²) in [6.45, 7) is 4.87. The Kier molecular flexibility index (Phi) is 2.78. The lowest BCUT2D eigenvalue weighted by molar-refractivity contribution is -0.143. The molecule has 15 heavy (non-hydrogen) atoms. The molecule has 0 aromatic rings. The second-order valence-electron chi connectivity index (χ2n) is 4.66. The molecule has 84 valence electrons. The summed E-state index contributed by atoms with van der Waals surface area (Å²) >= 11 is 0. The third-order valence-electron chi connectivity index (χ3n) is 3.46. The molecule has 4 nitrogen and oxygen atoms in total. The van der Waals surface area contributed by atoms with Gasteiger partial charge in [-0.3, -0.25) is 14.5 Å². The summed E-state index contributed by atoms with van der Waals surface area (Å²) in [5, 5.41) is 3.32. The largest absolute Gasteiger partial charge is 0.312 e. The molecule has 2 amide bonds. The SMILES string of the molecule is CC1CC(=O)N(C2CCCNC2C)C1=O. The Balaban J connectivity index is 2.15. The molecular weight excluding hydrogens is 192 g/mol. The first-order valence-electron chi connectivity index (χ1n) is 5.70. The van der Waals surface area contributed by atoms with Gasteiger partial charge in [-0.1, -0.05) is 6.92 Å². The van der Waals surface area contributed by atoms with E-state index in [0.717, 1.165) is 19.4 Å².